The average molecular weight is 569 g/mol. The Morgan fingerprint density at radius 3 is 2.61 bits per heavy atom. The summed E-state index contributed by atoms with van der Waals surface area (Å²) < 4.78 is 45.1. The molecule has 41 heavy (non-hydrogen) atoms. The van der Waals surface area contributed by atoms with Crippen molar-refractivity contribution in [2.45, 2.75) is 25.6 Å². The lowest BCUT2D eigenvalue weighted by Gasteiger charge is -2.33. The predicted octanol–water partition coefficient (Wildman–Crippen LogP) is 4.68. The largest absolute Gasteiger partial charge is 0.477 e. The number of hydrogen-bond acceptors (Lipinski definition) is 8. The molecular formula is C27H27F3N8O3. The van der Waals surface area contributed by atoms with E-state index in [1.807, 2.05) is 30.3 Å². The minimum Gasteiger partial charge on any atom is -0.477 e. The van der Waals surface area contributed by atoms with E-state index in [4.69, 9.17) is 9.84 Å². The fourth-order valence-corrected chi connectivity index (χ4v) is 4.79. The standard InChI is InChI=1S/C27H27F3N8O3/c28-27(29,30)26(4-5-26)15-41-23-13-20(32-16-33-23)18-1-2-19-21(12-18)35-24(34-19)36-22-11-17(3-6-31-22)14-37-7-9-38(10-8-37)25(39)40/h1-3,6,11-13,16H,4-5,7-10,14-15H2,(H,39,40)(H2,31,34,35,36). The van der Waals surface area contributed by atoms with Crippen LogP contribution in [-0.4, -0.2) is 84.9 Å². The van der Waals surface area contributed by atoms with Crippen molar-refractivity contribution in [3.8, 4) is 17.1 Å². The number of hydrogen-bond donors (Lipinski definition) is 3. The summed E-state index contributed by atoms with van der Waals surface area (Å²) in [6, 6.07) is 10.9. The van der Waals surface area contributed by atoms with Crippen LogP contribution >= 0.6 is 0 Å². The Hall–Kier alpha value is -4.46. The number of H-pyrrole nitrogens is 1. The van der Waals surface area contributed by atoms with Crippen LogP contribution in [0.2, 0.25) is 0 Å². The molecule has 0 atom stereocenters. The molecule has 3 N–H and O–H groups in total. The summed E-state index contributed by atoms with van der Waals surface area (Å²) in [7, 11) is 0. The number of fused-ring (bicyclic) bond motifs is 1. The van der Waals surface area contributed by atoms with E-state index in [0.717, 1.165) is 16.6 Å². The Balaban J connectivity index is 1.11. The van der Waals surface area contributed by atoms with Gasteiger partial charge in [0.25, 0.3) is 0 Å². The summed E-state index contributed by atoms with van der Waals surface area (Å²) >= 11 is 0. The summed E-state index contributed by atoms with van der Waals surface area (Å²) in [5.41, 5.74) is 1.93. The van der Waals surface area contributed by atoms with E-state index < -0.39 is 24.3 Å². The second kappa shape index (κ2) is 10.5. The Labute approximate surface area is 232 Å². The normalized spacial score (nSPS) is 17.0. The molecule has 214 valence electrons. The number of nitrogens with one attached hydrogen (secondary N) is 2. The molecule has 0 unspecified atom stereocenters. The van der Waals surface area contributed by atoms with Crippen LogP contribution in [0.5, 0.6) is 5.88 Å². The molecule has 0 spiro atoms. The fraction of sp³-hybridized carbons (Fsp3) is 0.370. The number of amides is 1. The van der Waals surface area contributed by atoms with E-state index in [0.29, 0.717) is 55.7 Å². The molecule has 14 heteroatoms. The maximum absolute atomic E-state index is 13.2. The summed E-state index contributed by atoms with van der Waals surface area (Å²) in [6.45, 7) is 2.51. The number of benzene rings is 1. The number of carboxylic acid groups (broad SMARTS) is 1. The Bertz CT molecular complexity index is 1560. The molecule has 3 aromatic heterocycles. The third-order valence-corrected chi connectivity index (χ3v) is 7.49. The third-order valence-electron chi connectivity index (χ3n) is 7.49. The van der Waals surface area contributed by atoms with Gasteiger partial charge in [0.05, 0.1) is 16.7 Å². The van der Waals surface area contributed by atoms with Gasteiger partial charge in [0, 0.05) is 50.6 Å². The molecule has 1 saturated heterocycles. The number of aromatic amines is 1. The molecule has 0 radical (unpaired) electrons. The highest BCUT2D eigenvalue weighted by atomic mass is 19.4. The number of halogens is 3. The molecule has 4 aromatic rings. The predicted molar refractivity (Wildman–Crippen MR) is 143 cm³/mol. The first kappa shape index (κ1) is 26.7. The lowest BCUT2D eigenvalue weighted by atomic mass is 10.1. The van der Waals surface area contributed by atoms with Crippen LogP contribution in [0.25, 0.3) is 22.3 Å². The second-order valence-electron chi connectivity index (χ2n) is 10.3. The minimum absolute atomic E-state index is 0.0625. The van der Waals surface area contributed by atoms with E-state index in [2.05, 4.69) is 35.1 Å². The highest BCUT2D eigenvalue weighted by Crippen LogP contribution is 2.57. The summed E-state index contributed by atoms with van der Waals surface area (Å²) in [4.78, 5) is 35.2. The molecule has 2 fully saturated rings. The van der Waals surface area contributed by atoms with Crippen LogP contribution in [0, 0.1) is 5.41 Å². The van der Waals surface area contributed by atoms with Crippen LogP contribution in [0.4, 0.5) is 29.7 Å². The Kier molecular flexibility index (Phi) is 6.85. The zero-order valence-corrected chi connectivity index (χ0v) is 21.9. The van der Waals surface area contributed by atoms with E-state index in [1.165, 1.54) is 17.3 Å². The number of aromatic nitrogens is 5. The van der Waals surface area contributed by atoms with Crippen LogP contribution in [0.15, 0.2) is 48.9 Å². The van der Waals surface area contributed by atoms with E-state index in [9.17, 15) is 18.0 Å². The smallest absolute Gasteiger partial charge is 0.407 e. The lowest BCUT2D eigenvalue weighted by molar-refractivity contribution is -0.194. The molecule has 1 aromatic carbocycles. The number of alkyl halides is 3. The van der Waals surface area contributed by atoms with Gasteiger partial charge in [-0.1, -0.05) is 6.07 Å². The van der Waals surface area contributed by atoms with Gasteiger partial charge < -0.3 is 25.0 Å². The number of pyridine rings is 1. The number of carbonyl (C=O) groups is 1. The number of nitrogens with zero attached hydrogens (tertiary/aromatic N) is 6. The van der Waals surface area contributed by atoms with Crippen LogP contribution < -0.4 is 10.1 Å². The molecule has 1 amide bonds. The monoisotopic (exact) mass is 568 g/mol. The molecule has 1 saturated carbocycles. The topological polar surface area (TPSA) is 132 Å². The van der Waals surface area contributed by atoms with Gasteiger partial charge >= 0.3 is 12.3 Å². The molecule has 0 bridgehead atoms. The number of rotatable bonds is 8. The zero-order chi connectivity index (χ0) is 28.6. The van der Waals surface area contributed by atoms with Gasteiger partial charge in [-0.3, -0.25) is 4.90 Å². The minimum atomic E-state index is -4.30. The Morgan fingerprint density at radius 1 is 1.07 bits per heavy atom. The van der Waals surface area contributed by atoms with Gasteiger partial charge in [0.15, 0.2) is 0 Å². The van der Waals surface area contributed by atoms with E-state index >= 15 is 0 Å². The van der Waals surface area contributed by atoms with Crippen molar-refractivity contribution in [3.63, 3.8) is 0 Å². The molecule has 6 rings (SSSR count). The van der Waals surface area contributed by atoms with Gasteiger partial charge in [-0.2, -0.15) is 13.2 Å². The van der Waals surface area contributed by atoms with Crippen molar-refractivity contribution in [2.24, 2.45) is 5.41 Å². The number of ether oxygens (including phenoxy) is 1. The number of imidazole rings is 1. The Morgan fingerprint density at radius 2 is 1.88 bits per heavy atom. The number of piperazine rings is 1. The number of anilines is 2. The molecular weight excluding hydrogens is 541 g/mol. The van der Waals surface area contributed by atoms with Crippen molar-refractivity contribution < 1.29 is 27.8 Å². The highest BCUT2D eigenvalue weighted by molar-refractivity contribution is 5.83. The van der Waals surface area contributed by atoms with Gasteiger partial charge in [0.1, 0.15) is 24.2 Å². The van der Waals surface area contributed by atoms with Gasteiger partial charge in [-0.05, 0) is 42.7 Å². The van der Waals surface area contributed by atoms with Crippen LogP contribution in [-0.2, 0) is 6.54 Å². The average Bonchev–Trinajstić information content (AvgIpc) is 3.66. The fourth-order valence-electron chi connectivity index (χ4n) is 4.79. The van der Waals surface area contributed by atoms with Crippen molar-refractivity contribution >= 4 is 28.9 Å². The van der Waals surface area contributed by atoms with Crippen LogP contribution in [0.3, 0.4) is 0 Å². The SMILES string of the molecule is O=C(O)N1CCN(Cc2ccnc(Nc3nc4ccc(-c5cc(OCC6(C(F)(F)F)CC6)ncn5)cc4[nH]3)c2)CC1. The zero-order valence-electron chi connectivity index (χ0n) is 21.9. The molecule has 4 heterocycles. The third kappa shape index (κ3) is 5.87. The maximum atomic E-state index is 13.2. The first-order chi connectivity index (χ1) is 19.7. The molecule has 2 aliphatic rings. The van der Waals surface area contributed by atoms with E-state index in [1.54, 1.807) is 6.20 Å². The quantitative estimate of drug-likeness (QED) is 0.277. The molecule has 11 nitrogen and oxygen atoms in total. The van der Waals surface area contributed by atoms with Crippen molar-refractivity contribution in [3.05, 3.63) is 54.5 Å². The van der Waals surface area contributed by atoms with Crippen molar-refractivity contribution in [2.75, 3.05) is 38.1 Å². The first-order valence-corrected chi connectivity index (χ1v) is 13.1. The highest BCUT2D eigenvalue weighted by Gasteiger charge is 2.64. The van der Waals surface area contributed by atoms with Crippen molar-refractivity contribution in [1.29, 1.82) is 0 Å². The van der Waals surface area contributed by atoms with E-state index in [-0.39, 0.29) is 18.7 Å². The van der Waals surface area contributed by atoms with Gasteiger partial charge in [0.2, 0.25) is 11.8 Å². The lowest BCUT2D eigenvalue weighted by Crippen LogP contribution is -2.47. The first-order valence-electron chi connectivity index (χ1n) is 13.1. The van der Waals surface area contributed by atoms with Crippen molar-refractivity contribution in [1.82, 2.24) is 34.7 Å². The molecule has 1 aliphatic heterocycles. The van der Waals surface area contributed by atoms with Crippen LogP contribution in [0.1, 0.15) is 18.4 Å². The van der Waals surface area contributed by atoms with Gasteiger partial charge in [-0.15, -0.1) is 0 Å². The summed E-state index contributed by atoms with van der Waals surface area (Å²) in [5, 5.41) is 12.3. The van der Waals surface area contributed by atoms with Gasteiger partial charge in [-0.25, -0.2) is 24.7 Å². The second-order valence-corrected chi connectivity index (χ2v) is 10.3. The molecule has 1 aliphatic carbocycles. The summed E-state index contributed by atoms with van der Waals surface area (Å²) in [6.07, 6.45) is -2.08. The summed E-state index contributed by atoms with van der Waals surface area (Å²) in [5.74, 6) is 1.19. The maximum Gasteiger partial charge on any atom is 0.407 e.